The van der Waals surface area contributed by atoms with Gasteiger partial charge in [0.25, 0.3) is 0 Å². The van der Waals surface area contributed by atoms with Crippen LogP contribution in [0.5, 0.6) is 0 Å². The number of rotatable bonds is 3. The monoisotopic (exact) mass is 216 g/mol. The van der Waals surface area contributed by atoms with E-state index >= 15 is 0 Å². The molecule has 1 amide bonds. The highest BCUT2D eigenvalue weighted by Gasteiger charge is 2.26. The number of carbonyl (C=O) groups excluding carboxylic acids is 1. The smallest absolute Gasteiger partial charge is 0.237 e. The molecular formula is C10H20N2OS. The van der Waals surface area contributed by atoms with Gasteiger partial charge in [-0.1, -0.05) is 20.8 Å². The lowest BCUT2D eigenvalue weighted by atomic mass is 10.0. The van der Waals surface area contributed by atoms with Crippen molar-refractivity contribution in [3.8, 4) is 0 Å². The lowest BCUT2D eigenvalue weighted by molar-refractivity contribution is -0.123. The molecule has 3 N–H and O–H groups in total. The maximum Gasteiger partial charge on any atom is 0.237 e. The van der Waals surface area contributed by atoms with Crippen molar-refractivity contribution in [1.82, 2.24) is 5.32 Å². The van der Waals surface area contributed by atoms with Gasteiger partial charge in [-0.2, -0.15) is 11.8 Å². The molecule has 1 rings (SSSR count). The molecule has 82 valence electrons. The Morgan fingerprint density at radius 3 is 2.64 bits per heavy atom. The molecular weight excluding hydrogens is 196 g/mol. The molecule has 4 heteroatoms. The highest BCUT2D eigenvalue weighted by molar-refractivity contribution is 8.00. The topological polar surface area (TPSA) is 55.1 Å². The number of hydrogen-bond acceptors (Lipinski definition) is 3. The summed E-state index contributed by atoms with van der Waals surface area (Å²) in [5.74, 6) is 1.23. The maximum absolute atomic E-state index is 11.6. The quantitative estimate of drug-likeness (QED) is 0.739. The fourth-order valence-electron chi connectivity index (χ4n) is 1.52. The molecule has 0 radical (unpaired) electrons. The first-order chi connectivity index (χ1) is 6.50. The van der Waals surface area contributed by atoms with Gasteiger partial charge in [-0.3, -0.25) is 4.79 Å². The Balaban J connectivity index is 2.33. The fraction of sp³-hybridized carbons (Fsp3) is 0.900. The Kier molecular flexibility index (Phi) is 4.26. The van der Waals surface area contributed by atoms with Crippen molar-refractivity contribution in [2.45, 2.75) is 44.5 Å². The van der Waals surface area contributed by atoms with Crippen molar-refractivity contribution in [2.24, 2.45) is 11.7 Å². The molecule has 0 saturated carbocycles. The third-order valence-electron chi connectivity index (χ3n) is 2.57. The van der Waals surface area contributed by atoms with Crippen LogP contribution in [-0.4, -0.2) is 29.0 Å². The lowest BCUT2D eigenvalue weighted by Gasteiger charge is -2.18. The van der Waals surface area contributed by atoms with E-state index in [-0.39, 0.29) is 17.9 Å². The van der Waals surface area contributed by atoms with Crippen LogP contribution in [0.25, 0.3) is 0 Å². The number of amides is 1. The number of carbonyl (C=O) groups is 1. The molecule has 1 fully saturated rings. The van der Waals surface area contributed by atoms with E-state index in [2.05, 4.69) is 12.2 Å². The van der Waals surface area contributed by atoms with E-state index in [1.165, 1.54) is 0 Å². The summed E-state index contributed by atoms with van der Waals surface area (Å²) in [4.78, 5) is 11.6. The van der Waals surface area contributed by atoms with Gasteiger partial charge in [0, 0.05) is 17.0 Å². The van der Waals surface area contributed by atoms with E-state index in [0.29, 0.717) is 11.3 Å². The number of nitrogens with one attached hydrogen (secondary N) is 1. The average Bonchev–Trinajstić information content (AvgIpc) is 2.49. The molecule has 1 aliphatic rings. The van der Waals surface area contributed by atoms with Crippen LogP contribution in [0.15, 0.2) is 0 Å². The van der Waals surface area contributed by atoms with E-state index < -0.39 is 0 Å². The van der Waals surface area contributed by atoms with Crippen LogP contribution in [0.2, 0.25) is 0 Å². The predicted octanol–water partition coefficient (Wildman–Crippen LogP) is 0.980. The van der Waals surface area contributed by atoms with Gasteiger partial charge >= 0.3 is 0 Å². The van der Waals surface area contributed by atoms with E-state index in [1.807, 2.05) is 25.6 Å². The Labute approximate surface area is 90.2 Å². The van der Waals surface area contributed by atoms with Crippen molar-refractivity contribution in [3.05, 3.63) is 0 Å². The second kappa shape index (κ2) is 5.03. The molecule has 0 spiro atoms. The second-order valence-electron chi connectivity index (χ2n) is 4.35. The van der Waals surface area contributed by atoms with Gasteiger partial charge in [-0.25, -0.2) is 0 Å². The van der Waals surface area contributed by atoms with Crippen molar-refractivity contribution < 1.29 is 4.79 Å². The molecule has 2 unspecified atom stereocenters. The maximum atomic E-state index is 11.6. The van der Waals surface area contributed by atoms with Crippen LogP contribution in [0.3, 0.4) is 0 Å². The van der Waals surface area contributed by atoms with Crippen LogP contribution < -0.4 is 11.1 Å². The minimum absolute atomic E-state index is 0.000278. The first kappa shape index (κ1) is 11.9. The molecule has 0 aromatic rings. The number of thioether (sulfide) groups is 1. The van der Waals surface area contributed by atoms with Gasteiger partial charge in [0.2, 0.25) is 5.91 Å². The van der Waals surface area contributed by atoms with Crippen molar-refractivity contribution in [3.63, 3.8) is 0 Å². The first-order valence-corrected chi connectivity index (χ1v) is 6.23. The van der Waals surface area contributed by atoms with E-state index in [4.69, 9.17) is 5.73 Å². The molecule has 14 heavy (non-hydrogen) atoms. The van der Waals surface area contributed by atoms with Crippen LogP contribution >= 0.6 is 11.8 Å². The molecule has 1 aliphatic heterocycles. The summed E-state index contributed by atoms with van der Waals surface area (Å²) in [7, 11) is 0. The fourth-order valence-corrected chi connectivity index (χ4v) is 2.67. The van der Waals surface area contributed by atoms with Gasteiger partial charge in [0.05, 0.1) is 6.04 Å². The third kappa shape index (κ3) is 3.17. The number of nitrogens with two attached hydrogens (primary N) is 1. The van der Waals surface area contributed by atoms with Crippen LogP contribution in [0.4, 0.5) is 0 Å². The van der Waals surface area contributed by atoms with E-state index in [0.717, 1.165) is 12.2 Å². The van der Waals surface area contributed by atoms with E-state index in [9.17, 15) is 4.79 Å². The van der Waals surface area contributed by atoms with Crippen LogP contribution in [0.1, 0.15) is 27.2 Å². The Hall–Kier alpha value is -0.220. The molecule has 0 aliphatic carbocycles. The molecule has 0 bridgehead atoms. The lowest BCUT2D eigenvalue weighted by Crippen LogP contribution is -2.47. The summed E-state index contributed by atoms with van der Waals surface area (Å²) in [6, 6.07) is -0.0387. The van der Waals surface area contributed by atoms with Gasteiger partial charge in [-0.15, -0.1) is 0 Å². The normalized spacial score (nSPS) is 29.2. The summed E-state index contributed by atoms with van der Waals surface area (Å²) in [5.41, 5.74) is 5.75. The summed E-state index contributed by atoms with van der Waals surface area (Å²) in [6.07, 6.45) is 1.07. The Morgan fingerprint density at radius 1 is 1.57 bits per heavy atom. The summed E-state index contributed by atoms with van der Waals surface area (Å²) in [5, 5.41) is 3.67. The largest absolute Gasteiger partial charge is 0.351 e. The van der Waals surface area contributed by atoms with Gasteiger partial charge in [0.15, 0.2) is 0 Å². The molecule has 1 saturated heterocycles. The molecule has 0 aromatic carbocycles. The zero-order valence-electron chi connectivity index (χ0n) is 9.12. The SMILES string of the molecule is CC1CC(NC(=O)[C@H](N)C(C)C)CS1. The molecule has 3 nitrogen and oxygen atoms in total. The summed E-state index contributed by atoms with van der Waals surface area (Å²) in [6.45, 7) is 6.13. The second-order valence-corrected chi connectivity index (χ2v) is 5.83. The summed E-state index contributed by atoms with van der Waals surface area (Å²) < 4.78 is 0. The minimum Gasteiger partial charge on any atom is -0.351 e. The van der Waals surface area contributed by atoms with Gasteiger partial charge in [0.1, 0.15) is 0 Å². The minimum atomic E-state index is -0.365. The van der Waals surface area contributed by atoms with E-state index in [1.54, 1.807) is 0 Å². The van der Waals surface area contributed by atoms with Crippen molar-refractivity contribution in [2.75, 3.05) is 5.75 Å². The standard InChI is InChI=1S/C10H20N2OS/c1-6(2)9(11)10(13)12-8-4-7(3)14-5-8/h6-9H,4-5,11H2,1-3H3,(H,12,13)/t7?,8?,9-/m1/s1. The first-order valence-electron chi connectivity index (χ1n) is 5.18. The highest BCUT2D eigenvalue weighted by atomic mass is 32.2. The van der Waals surface area contributed by atoms with Crippen molar-refractivity contribution in [1.29, 1.82) is 0 Å². The van der Waals surface area contributed by atoms with Gasteiger partial charge in [-0.05, 0) is 12.3 Å². The average molecular weight is 216 g/mol. The Morgan fingerprint density at radius 2 is 2.21 bits per heavy atom. The number of hydrogen-bond donors (Lipinski definition) is 2. The molecule has 1 heterocycles. The molecule has 0 aromatic heterocycles. The van der Waals surface area contributed by atoms with Crippen LogP contribution in [-0.2, 0) is 4.79 Å². The van der Waals surface area contributed by atoms with Crippen molar-refractivity contribution >= 4 is 17.7 Å². The predicted molar refractivity (Wildman–Crippen MR) is 61.3 cm³/mol. The highest BCUT2D eigenvalue weighted by Crippen LogP contribution is 2.25. The summed E-state index contributed by atoms with van der Waals surface area (Å²) >= 11 is 1.91. The zero-order chi connectivity index (χ0) is 10.7. The van der Waals surface area contributed by atoms with Gasteiger partial charge < -0.3 is 11.1 Å². The zero-order valence-corrected chi connectivity index (χ0v) is 9.93. The van der Waals surface area contributed by atoms with Crippen LogP contribution in [0, 0.1) is 5.92 Å². The molecule has 3 atom stereocenters. The Bertz CT molecular complexity index is 208. The third-order valence-corrected chi connectivity index (χ3v) is 3.92.